The molecule has 0 aromatic heterocycles. The molecule has 15 nitrogen and oxygen atoms in total. The highest BCUT2D eigenvalue weighted by Crippen LogP contribution is 2.33. The second kappa shape index (κ2) is 12.5. The smallest absolute Gasteiger partial charge is 0.187 e. The van der Waals surface area contributed by atoms with Crippen molar-refractivity contribution >= 4 is 0 Å². The van der Waals surface area contributed by atoms with Gasteiger partial charge in [0, 0.05) is 18.6 Å². The minimum atomic E-state index is -1.43. The lowest BCUT2D eigenvalue weighted by Crippen LogP contribution is -2.69. The number of ether oxygens (including phenoxy) is 6. The minimum Gasteiger partial charge on any atom is -0.394 e. The first-order valence-electron chi connectivity index (χ1n) is 12.5. The Morgan fingerprint density at radius 3 is 2.08 bits per heavy atom. The first kappa shape index (κ1) is 29.1. The molecule has 37 heavy (non-hydrogen) atoms. The van der Waals surface area contributed by atoms with E-state index in [4.69, 9.17) is 51.4 Å². The van der Waals surface area contributed by atoms with Crippen molar-refractivity contribution in [2.45, 2.75) is 98.2 Å². The van der Waals surface area contributed by atoms with Crippen molar-refractivity contribution in [2.24, 2.45) is 22.9 Å². The zero-order valence-electron chi connectivity index (χ0n) is 20.3. The van der Waals surface area contributed by atoms with E-state index in [1.807, 2.05) is 0 Å². The van der Waals surface area contributed by atoms with Gasteiger partial charge in [0.25, 0.3) is 0 Å². The lowest BCUT2D eigenvalue weighted by molar-refractivity contribution is -0.337. The maximum Gasteiger partial charge on any atom is 0.187 e. The van der Waals surface area contributed by atoms with Crippen molar-refractivity contribution < 1.29 is 54.0 Å². The molecular weight excluding hydrogens is 496 g/mol. The molecule has 0 unspecified atom stereocenters. The van der Waals surface area contributed by atoms with Gasteiger partial charge in [0.2, 0.25) is 0 Å². The fraction of sp³-hybridized carbons (Fsp3) is 0.909. The average molecular weight is 537 g/mol. The normalized spacial score (nSPS) is 52.4. The standard InChI is InChI=1S/C22H40N4O11/c23-6-10-14(29)16(31)19-22(34-10)37-18-9(25)5-8(24)17(20(18)33-4-2-1-3-32-19)36-21-15(30)12(26)13(28)11(7-27)35-21/h1-2,8-22,27-31H,3-7,23-26H2/b2-1-/t8-,9+,10-,11-,12+,13-,14-,15-,16+,17+,18-,19-,20-,21-,22-/m1/s1. The number of fused-ring (bicyclic) bond motifs is 2. The van der Waals surface area contributed by atoms with Crippen molar-refractivity contribution in [3.63, 3.8) is 0 Å². The third-order valence-corrected chi connectivity index (χ3v) is 7.37. The minimum absolute atomic E-state index is 0.0764. The lowest BCUT2D eigenvalue weighted by atomic mass is 9.84. The lowest BCUT2D eigenvalue weighted by Gasteiger charge is -2.49. The Kier molecular flexibility index (Phi) is 9.88. The van der Waals surface area contributed by atoms with E-state index in [9.17, 15) is 25.5 Å². The van der Waals surface area contributed by atoms with Crippen molar-refractivity contribution in [3.05, 3.63) is 12.2 Å². The Morgan fingerprint density at radius 1 is 0.757 bits per heavy atom. The summed E-state index contributed by atoms with van der Waals surface area (Å²) >= 11 is 0. The van der Waals surface area contributed by atoms with Crippen molar-refractivity contribution in [1.29, 1.82) is 0 Å². The Labute approximate surface area is 214 Å². The van der Waals surface area contributed by atoms with Gasteiger partial charge < -0.3 is 76.9 Å². The van der Waals surface area contributed by atoms with Gasteiger partial charge in [0.15, 0.2) is 12.6 Å². The number of rotatable bonds is 4. The third kappa shape index (κ3) is 6.01. The Balaban J connectivity index is 1.59. The summed E-state index contributed by atoms with van der Waals surface area (Å²) in [6.45, 7) is -0.436. The molecule has 4 rings (SSSR count). The van der Waals surface area contributed by atoms with Crippen LogP contribution in [0.2, 0.25) is 0 Å². The molecule has 3 aliphatic heterocycles. The molecule has 3 fully saturated rings. The van der Waals surface area contributed by atoms with E-state index in [2.05, 4.69) is 0 Å². The average Bonchev–Trinajstić information content (AvgIpc) is 2.92. The molecular formula is C22H40N4O11. The summed E-state index contributed by atoms with van der Waals surface area (Å²) in [7, 11) is 0. The summed E-state index contributed by atoms with van der Waals surface area (Å²) in [6.07, 6.45) is -10.0. The summed E-state index contributed by atoms with van der Waals surface area (Å²) < 4.78 is 35.6. The fourth-order valence-corrected chi connectivity index (χ4v) is 5.20. The van der Waals surface area contributed by atoms with Crippen LogP contribution in [-0.4, -0.2) is 144 Å². The molecule has 214 valence electrons. The van der Waals surface area contributed by atoms with Gasteiger partial charge in [-0.15, -0.1) is 0 Å². The molecule has 3 heterocycles. The first-order chi connectivity index (χ1) is 17.7. The molecule has 13 N–H and O–H groups in total. The van der Waals surface area contributed by atoms with Gasteiger partial charge in [0.1, 0.15) is 61.0 Å². The number of hydrogen-bond donors (Lipinski definition) is 9. The van der Waals surface area contributed by atoms with E-state index in [-0.39, 0.29) is 26.2 Å². The Bertz CT molecular complexity index is 766. The number of aliphatic hydroxyl groups excluding tert-OH is 5. The van der Waals surface area contributed by atoms with Gasteiger partial charge in [-0.25, -0.2) is 0 Å². The summed E-state index contributed by atoms with van der Waals surface area (Å²) in [5.74, 6) is 0. The molecule has 15 atom stereocenters. The maximum absolute atomic E-state index is 10.7. The van der Waals surface area contributed by atoms with E-state index < -0.39 is 98.4 Å². The van der Waals surface area contributed by atoms with Crippen molar-refractivity contribution in [1.82, 2.24) is 0 Å². The highest BCUT2D eigenvalue weighted by Gasteiger charge is 2.53. The van der Waals surface area contributed by atoms with Crippen LogP contribution in [0.1, 0.15) is 6.42 Å². The summed E-state index contributed by atoms with van der Waals surface area (Å²) in [5.41, 5.74) is 24.5. The van der Waals surface area contributed by atoms with E-state index in [1.54, 1.807) is 12.2 Å². The summed E-state index contributed by atoms with van der Waals surface area (Å²) in [6, 6.07) is -2.47. The molecule has 1 aliphatic carbocycles. The van der Waals surface area contributed by atoms with Crippen LogP contribution in [0.15, 0.2) is 12.2 Å². The van der Waals surface area contributed by atoms with Crippen LogP contribution in [0.5, 0.6) is 0 Å². The van der Waals surface area contributed by atoms with Gasteiger partial charge in [-0.1, -0.05) is 12.2 Å². The predicted molar refractivity (Wildman–Crippen MR) is 124 cm³/mol. The molecule has 2 saturated heterocycles. The first-order valence-corrected chi connectivity index (χ1v) is 12.5. The van der Waals surface area contributed by atoms with Gasteiger partial charge in [-0.2, -0.15) is 0 Å². The molecule has 0 spiro atoms. The SMILES string of the molecule is NC[C@H]1O[C@@H]2O[C@H]3[C@H](OC/C=C\CO[C@@H]2[C@@H](O)[C@@H]1O)[C@@H](O[C@H]1O[C@H](CO)[C@@H](O)[C@H](N)[C@H]1O)[C@H](N)C[C@@H]3N. The number of hydrogen-bond acceptors (Lipinski definition) is 15. The van der Waals surface area contributed by atoms with Crippen LogP contribution in [0, 0.1) is 0 Å². The Hall–Kier alpha value is -0.860. The molecule has 0 aromatic rings. The van der Waals surface area contributed by atoms with Crippen LogP contribution in [0.3, 0.4) is 0 Å². The van der Waals surface area contributed by atoms with E-state index in [0.29, 0.717) is 0 Å². The second-order valence-electron chi connectivity index (χ2n) is 9.88. The van der Waals surface area contributed by atoms with E-state index in [1.165, 1.54) is 0 Å². The topological polar surface area (TPSA) is 261 Å². The zero-order chi connectivity index (χ0) is 26.9. The van der Waals surface area contributed by atoms with Crippen LogP contribution in [-0.2, 0) is 28.4 Å². The predicted octanol–water partition coefficient (Wildman–Crippen LogP) is -5.67. The van der Waals surface area contributed by atoms with Crippen LogP contribution < -0.4 is 22.9 Å². The molecule has 1 saturated carbocycles. The fourth-order valence-electron chi connectivity index (χ4n) is 5.20. The van der Waals surface area contributed by atoms with Gasteiger partial charge in [-0.05, 0) is 6.42 Å². The maximum atomic E-state index is 10.7. The van der Waals surface area contributed by atoms with Gasteiger partial charge >= 0.3 is 0 Å². The highest BCUT2D eigenvalue weighted by molar-refractivity contribution is 5.03. The van der Waals surface area contributed by atoms with E-state index >= 15 is 0 Å². The molecule has 0 bridgehead atoms. The number of aliphatic hydroxyl groups is 5. The monoisotopic (exact) mass is 536 g/mol. The molecule has 0 radical (unpaired) electrons. The zero-order valence-corrected chi connectivity index (χ0v) is 20.3. The molecule has 15 heteroatoms. The quantitative estimate of drug-likeness (QED) is 0.152. The Morgan fingerprint density at radius 2 is 1.43 bits per heavy atom. The van der Waals surface area contributed by atoms with Crippen molar-refractivity contribution in [3.8, 4) is 0 Å². The second-order valence-corrected chi connectivity index (χ2v) is 9.88. The van der Waals surface area contributed by atoms with Gasteiger partial charge in [0.05, 0.1) is 25.9 Å². The van der Waals surface area contributed by atoms with Crippen LogP contribution in [0.25, 0.3) is 0 Å². The van der Waals surface area contributed by atoms with Crippen LogP contribution >= 0.6 is 0 Å². The number of nitrogens with two attached hydrogens (primary N) is 4. The highest BCUT2D eigenvalue weighted by atomic mass is 16.7. The van der Waals surface area contributed by atoms with E-state index in [0.717, 1.165) is 0 Å². The molecule has 4 aliphatic rings. The van der Waals surface area contributed by atoms with Gasteiger partial charge in [-0.3, -0.25) is 0 Å². The third-order valence-electron chi connectivity index (χ3n) is 7.37. The largest absolute Gasteiger partial charge is 0.394 e. The summed E-state index contributed by atoms with van der Waals surface area (Å²) in [5, 5.41) is 51.4. The van der Waals surface area contributed by atoms with Crippen LogP contribution in [0.4, 0.5) is 0 Å². The summed E-state index contributed by atoms with van der Waals surface area (Å²) in [4.78, 5) is 0. The molecule has 0 aromatic carbocycles. The molecule has 0 amide bonds. The van der Waals surface area contributed by atoms with Crippen molar-refractivity contribution in [2.75, 3.05) is 26.4 Å².